The Morgan fingerprint density at radius 3 is 1.51 bits per heavy atom. The Balaban J connectivity index is 0.00000400. The number of nitrogens with one attached hydrogen (secondary N) is 1. The summed E-state index contributed by atoms with van der Waals surface area (Å²) < 4.78 is 2.18. The Kier molecular flexibility index (Phi) is 9.65. The van der Waals surface area contributed by atoms with Gasteiger partial charge in [-0.1, -0.05) is 113 Å². The molecule has 0 amide bonds. The number of H-pyrrole nitrogens is 1. The number of aromatic amines is 1. The van der Waals surface area contributed by atoms with E-state index >= 15 is 0 Å². The molecule has 0 aliphatic carbocycles. The van der Waals surface area contributed by atoms with Gasteiger partial charge in [-0.3, -0.25) is 0 Å². The molecule has 0 spiro atoms. The molecule has 53 heavy (non-hydrogen) atoms. The van der Waals surface area contributed by atoms with Gasteiger partial charge in [-0.2, -0.15) is 0 Å². The summed E-state index contributed by atoms with van der Waals surface area (Å²) in [6.45, 7) is 0. The molecule has 9 rings (SSSR count). The van der Waals surface area contributed by atoms with E-state index in [1.54, 1.807) is 0 Å². The van der Waals surface area contributed by atoms with Crippen LogP contribution in [0.5, 0.6) is 0 Å². The maximum absolute atomic E-state index is 7.20. The Labute approximate surface area is 336 Å². The smallest absolute Gasteiger partial charge is 0.0737 e. The van der Waals surface area contributed by atoms with Gasteiger partial charge in [0.05, 0.1) is 44.5 Å². The summed E-state index contributed by atoms with van der Waals surface area (Å²) in [5, 5.41) is 2.26. The predicted octanol–water partition coefficient (Wildman–Crippen LogP) is 13.7. The largest absolute Gasteiger partial charge is 0.355 e. The maximum atomic E-state index is 7.20. The minimum Gasteiger partial charge on any atom is -0.355 e. The molecule has 8 bridgehead atoms. The summed E-state index contributed by atoms with van der Waals surface area (Å²) in [4.78, 5) is 13.8. The maximum Gasteiger partial charge on any atom is 0.0737 e. The van der Waals surface area contributed by atoms with Gasteiger partial charge in [-0.15, -0.1) is 0 Å². The minimum absolute atomic E-state index is 0. The third kappa shape index (κ3) is 6.44. The molecule has 0 saturated carbocycles. The molecule has 1 N–H and O–H groups in total. The van der Waals surface area contributed by atoms with Gasteiger partial charge in [-0.05, 0) is 85.0 Å². The Morgan fingerprint density at radius 2 is 0.925 bits per heavy atom. The first-order valence-electron chi connectivity index (χ1n) is 16.6. The van der Waals surface area contributed by atoms with Crippen LogP contribution in [0.3, 0.4) is 0 Å². The van der Waals surface area contributed by atoms with Gasteiger partial charge in [0.15, 0.2) is 0 Å². The molecule has 0 atom stereocenters. The average Bonchev–Trinajstić information content (AvgIpc) is 3.95. The Bertz CT molecular complexity index is 2820. The van der Waals surface area contributed by atoms with Crippen LogP contribution in [0.4, 0.5) is 0 Å². The quantitative estimate of drug-likeness (QED) is 0.180. The van der Waals surface area contributed by atoms with Gasteiger partial charge in [0, 0.05) is 76.6 Å². The van der Waals surface area contributed by atoms with E-state index in [0.29, 0.717) is 20.1 Å². The SMILES string of the molecule is Clc1ccccc1-c1c(-c2ccccc2Cl)c2c(-c3ccccc3Cl)c3nc(cc4ccc(cc5nc(cc1n2-c1ccccc1Cl)C=C5)[nH]4)C=C3.[Fe]. The van der Waals surface area contributed by atoms with Gasteiger partial charge in [-0.25, -0.2) is 9.97 Å². The van der Waals surface area contributed by atoms with Crippen molar-refractivity contribution in [2.24, 2.45) is 0 Å². The number of para-hydroxylation sites is 1. The molecule has 9 heteroatoms. The molecular formula is C44H26Cl4FeN4. The van der Waals surface area contributed by atoms with Crippen molar-refractivity contribution in [1.82, 2.24) is 19.5 Å². The molecule has 2 aliphatic heterocycles. The topological polar surface area (TPSA) is 46.5 Å². The van der Waals surface area contributed by atoms with Gasteiger partial charge >= 0.3 is 0 Å². The second-order valence-corrected chi connectivity index (χ2v) is 14.1. The fraction of sp³-hybridized carbons (Fsp3) is 0. The molecule has 0 fully saturated rings. The van der Waals surface area contributed by atoms with Crippen molar-refractivity contribution < 1.29 is 17.1 Å². The number of rotatable bonds is 4. The van der Waals surface area contributed by atoms with Crippen molar-refractivity contribution in [2.75, 3.05) is 0 Å². The zero-order valence-corrected chi connectivity index (χ0v) is 31.8. The van der Waals surface area contributed by atoms with E-state index in [-0.39, 0.29) is 17.1 Å². The predicted molar refractivity (Wildman–Crippen MR) is 220 cm³/mol. The molecule has 0 radical (unpaired) electrons. The van der Waals surface area contributed by atoms with Crippen molar-refractivity contribution in [1.29, 1.82) is 0 Å². The van der Waals surface area contributed by atoms with E-state index in [4.69, 9.17) is 56.4 Å². The van der Waals surface area contributed by atoms with E-state index in [0.717, 1.165) is 83.9 Å². The monoisotopic (exact) mass is 806 g/mol. The van der Waals surface area contributed by atoms with Crippen LogP contribution in [-0.2, 0) is 17.1 Å². The number of fused-ring (bicyclic) bond motifs is 8. The van der Waals surface area contributed by atoms with Crippen LogP contribution < -0.4 is 0 Å². The number of halogens is 4. The summed E-state index contributed by atoms with van der Waals surface area (Å²) in [7, 11) is 0. The van der Waals surface area contributed by atoms with Crippen molar-refractivity contribution in [3.63, 3.8) is 0 Å². The molecule has 3 aromatic heterocycles. The first-order valence-corrected chi connectivity index (χ1v) is 18.1. The molecule has 0 unspecified atom stereocenters. The fourth-order valence-electron chi connectivity index (χ4n) is 6.97. The summed E-state index contributed by atoms with van der Waals surface area (Å²) in [6.07, 6.45) is 8.06. The molecule has 5 heterocycles. The molecular weight excluding hydrogens is 782 g/mol. The summed E-state index contributed by atoms with van der Waals surface area (Å²) in [5.41, 5.74) is 12.1. The number of aromatic nitrogens is 4. The van der Waals surface area contributed by atoms with E-state index in [1.807, 2.05) is 146 Å². The number of hydrogen-bond donors (Lipinski definition) is 1. The van der Waals surface area contributed by atoms with E-state index in [1.165, 1.54) is 0 Å². The van der Waals surface area contributed by atoms with Gasteiger partial charge in [0.25, 0.3) is 0 Å². The number of hydrogen-bond acceptors (Lipinski definition) is 2. The first-order chi connectivity index (χ1) is 25.4. The van der Waals surface area contributed by atoms with Crippen LogP contribution in [0.15, 0.2) is 127 Å². The van der Waals surface area contributed by atoms with Gasteiger partial charge < -0.3 is 9.55 Å². The molecule has 2 aliphatic rings. The third-order valence-corrected chi connectivity index (χ3v) is 10.5. The van der Waals surface area contributed by atoms with Crippen LogP contribution in [0, 0.1) is 0 Å². The van der Waals surface area contributed by atoms with Gasteiger partial charge in [0.1, 0.15) is 0 Å². The number of nitrogens with zero attached hydrogens (tertiary/aromatic N) is 3. The zero-order valence-electron chi connectivity index (χ0n) is 27.6. The molecule has 0 saturated heterocycles. The van der Waals surface area contributed by atoms with Gasteiger partial charge in [0.2, 0.25) is 0 Å². The average molecular weight is 808 g/mol. The summed E-state index contributed by atoms with van der Waals surface area (Å²) in [6, 6.07) is 41.5. The second kappa shape index (κ2) is 14.5. The molecule has 258 valence electrons. The van der Waals surface area contributed by atoms with Crippen LogP contribution in [0.25, 0.3) is 85.4 Å². The summed E-state index contributed by atoms with van der Waals surface area (Å²) >= 11 is 28.7. The van der Waals surface area contributed by atoms with Crippen molar-refractivity contribution >= 4 is 92.8 Å². The summed E-state index contributed by atoms with van der Waals surface area (Å²) in [5.74, 6) is 0. The van der Waals surface area contributed by atoms with E-state index < -0.39 is 0 Å². The van der Waals surface area contributed by atoms with E-state index in [2.05, 4.69) is 15.6 Å². The van der Waals surface area contributed by atoms with E-state index in [9.17, 15) is 0 Å². The Morgan fingerprint density at radius 1 is 0.453 bits per heavy atom. The molecule has 4 nitrogen and oxygen atoms in total. The molecule has 7 aromatic rings. The Hall–Kier alpha value is -4.84. The number of benzene rings is 4. The second-order valence-electron chi connectivity index (χ2n) is 12.4. The van der Waals surface area contributed by atoms with Crippen LogP contribution in [0.2, 0.25) is 20.1 Å². The van der Waals surface area contributed by atoms with Crippen LogP contribution >= 0.6 is 46.4 Å². The normalized spacial score (nSPS) is 11.8. The standard InChI is InChI=1S/C44H26Cl4N4.Fe/c45-34-12-4-1-9-31(34)41-38-22-21-29(51-38)24-28-18-17-26(49-28)23-27-19-20-30(50-27)25-40-42(32-10-2-5-13-35(32)46)43(33-11-3-6-14-36(33)47)44(41)52(40)39-16-8-7-15-37(39)48;/h1-25,49H;. The van der Waals surface area contributed by atoms with Crippen LogP contribution in [0.1, 0.15) is 22.8 Å². The van der Waals surface area contributed by atoms with Crippen molar-refractivity contribution in [2.45, 2.75) is 0 Å². The minimum atomic E-state index is 0. The zero-order chi connectivity index (χ0) is 35.3. The van der Waals surface area contributed by atoms with Crippen molar-refractivity contribution in [3.8, 4) is 39.1 Å². The van der Waals surface area contributed by atoms with Crippen LogP contribution in [-0.4, -0.2) is 19.5 Å². The first kappa shape index (κ1) is 35.2. The van der Waals surface area contributed by atoms with Crippen molar-refractivity contribution in [3.05, 3.63) is 170 Å². The molecule has 4 aromatic carbocycles. The fourth-order valence-corrected chi connectivity index (χ4v) is 7.88. The third-order valence-electron chi connectivity index (χ3n) is 9.19.